The van der Waals surface area contributed by atoms with E-state index in [0.29, 0.717) is 23.9 Å². The number of carboxylic acids is 1. The molecule has 6 heteroatoms. The highest BCUT2D eigenvalue weighted by Gasteiger charge is 2.28. The van der Waals surface area contributed by atoms with Crippen LogP contribution >= 0.6 is 11.6 Å². The smallest absolute Gasteiger partial charge is 0.326 e. The average Bonchev–Trinajstić information content (AvgIpc) is 2.55. The Morgan fingerprint density at radius 1 is 1.35 bits per heavy atom. The van der Waals surface area contributed by atoms with Gasteiger partial charge in [0, 0.05) is 6.54 Å². The number of aromatic nitrogens is 2. The summed E-state index contributed by atoms with van der Waals surface area (Å²) in [6.45, 7) is 0.702. The van der Waals surface area contributed by atoms with Crippen LogP contribution in [0.25, 0.3) is 0 Å². The lowest BCUT2D eigenvalue weighted by atomic mass is 10.1. The Morgan fingerprint density at radius 3 is 2.82 bits per heavy atom. The van der Waals surface area contributed by atoms with Gasteiger partial charge in [0.1, 0.15) is 6.04 Å². The minimum atomic E-state index is -0.802. The van der Waals surface area contributed by atoms with Gasteiger partial charge in [-0.05, 0) is 25.0 Å². The van der Waals surface area contributed by atoms with E-state index in [1.54, 1.807) is 17.0 Å². The van der Waals surface area contributed by atoms with Gasteiger partial charge in [0.15, 0.2) is 11.0 Å². The van der Waals surface area contributed by atoms with E-state index in [4.69, 9.17) is 11.6 Å². The number of rotatable bonds is 2. The third-order valence-electron chi connectivity index (χ3n) is 2.95. The van der Waals surface area contributed by atoms with Crippen molar-refractivity contribution in [1.29, 1.82) is 0 Å². The van der Waals surface area contributed by atoms with Crippen LogP contribution in [0.1, 0.15) is 25.7 Å². The van der Waals surface area contributed by atoms with Crippen molar-refractivity contribution in [3.63, 3.8) is 0 Å². The first-order valence-corrected chi connectivity index (χ1v) is 6.05. The summed E-state index contributed by atoms with van der Waals surface area (Å²) in [6.07, 6.45) is 3.63. The Kier molecular flexibility index (Phi) is 3.78. The van der Waals surface area contributed by atoms with E-state index < -0.39 is 12.0 Å². The number of carbonyl (C=O) groups is 1. The summed E-state index contributed by atoms with van der Waals surface area (Å²) < 4.78 is 0. The summed E-state index contributed by atoms with van der Waals surface area (Å²) in [6, 6.07) is 2.84. The fourth-order valence-corrected chi connectivity index (χ4v) is 2.20. The van der Waals surface area contributed by atoms with Gasteiger partial charge in [-0.25, -0.2) is 4.79 Å². The number of halogens is 1. The second-order valence-electron chi connectivity index (χ2n) is 4.11. The van der Waals surface area contributed by atoms with E-state index in [9.17, 15) is 9.90 Å². The van der Waals surface area contributed by atoms with Gasteiger partial charge in [-0.3, -0.25) is 0 Å². The lowest BCUT2D eigenvalue weighted by Crippen LogP contribution is -2.41. The Balaban J connectivity index is 2.25. The van der Waals surface area contributed by atoms with Crippen molar-refractivity contribution in [2.24, 2.45) is 0 Å². The molecule has 1 fully saturated rings. The molecule has 1 aliphatic rings. The molecule has 0 saturated carbocycles. The van der Waals surface area contributed by atoms with Gasteiger partial charge in [0.25, 0.3) is 0 Å². The highest BCUT2D eigenvalue weighted by molar-refractivity contribution is 6.29. The van der Waals surface area contributed by atoms with Crippen LogP contribution in [0.5, 0.6) is 0 Å². The molecule has 0 radical (unpaired) electrons. The number of carboxylic acid groups (broad SMARTS) is 1. The fourth-order valence-electron chi connectivity index (χ4n) is 2.10. The van der Waals surface area contributed by atoms with Crippen molar-refractivity contribution >= 4 is 23.4 Å². The van der Waals surface area contributed by atoms with Crippen LogP contribution < -0.4 is 4.90 Å². The minimum Gasteiger partial charge on any atom is -0.480 e. The lowest BCUT2D eigenvalue weighted by Gasteiger charge is -2.27. The highest BCUT2D eigenvalue weighted by Crippen LogP contribution is 2.22. The molecule has 1 aromatic heterocycles. The van der Waals surface area contributed by atoms with Crippen LogP contribution in [-0.2, 0) is 4.79 Å². The molecule has 2 heterocycles. The number of aliphatic carboxylic acids is 1. The fraction of sp³-hybridized carbons (Fsp3) is 0.545. The van der Waals surface area contributed by atoms with Gasteiger partial charge < -0.3 is 10.0 Å². The van der Waals surface area contributed by atoms with Crippen molar-refractivity contribution in [3.8, 4) is 0 Å². The summed E-state index contributed by atoms with van der Waals surface area (Å²) in [5, 5.41) is 17.3. The first kappa shape index (κ1) is 12.1. The zero-order valence-electron chi connectivity index (χ0n) is 9.34. The zero-order chi connectivity index (χ0) is 12.3. The summed E-state index contributed by atoms with van der Waals surface area (Å²) >= 11 is 5.67. The van der Waals surface area contributed by atoms with E-state index >= 15 is 0 Å². The summed E-state index contributed by atoms with van der Waals surface area (Å²) in [4.78, 5) is 13.0. The first-order valence-electron chi connectivity index (χ1n) is 5.67. The van der Waals surface area contributed by atoms with Crippen molar-refractivity contribution in [3.05, 3.63) is 17.3 Å². The van der Waals surface area contributed by atoms with Crippen molar-refractivity contribution in [2.75, 3.05) is 11.4 Å². The van der Waals surface area contributed by atoms with E-state index in [-0.39, 0.29) is 0 Å². The second-order valence-corrected chi connectivity index (χ2v) is 4.50. The molecule has 1 unspecified atom stereocenters. The summed E-state index contributed by atoms with van der Waals surface area (Å²) in [7, 11) is 0. The van der Waals surface area contributed by atoms with Crippen LogP contribution in [-0.4, -0.2) is 33.9 Å². The van der Waals surface area contributed by atoms with Crippen molar-refractivity contribution < 1.29 is 9.90 Å². The van der Waals surface area contributed by atoms with Gasteiger partial charge in [0.05, 0.1) is 0 Å². The number of hydrogen-bond donors (Lipinski definition) is 1. The lowest BCUT2D eigenvalue weighted by molar-refractivity contribution is -0.138. The zero-order valence-corrected chi connectivity index (χ0v) is 10.1. The quantitative estimate of drug-likeness (QED) is 0.875. The van der Waals surface area contributed by atoms with E-state index in [1.807, 2.05) is 0 Å². The molecule has 5 nitrogen and oxygen atoms in total. The third kappa shape index (κ3) is 2.85. The Labute approximate surface area is 104 Å². The molecule has 1 N–H and O–H groups in total. The molecule has 1 aliphatic heterocycles. The van der Waals surface area contributed by atoms with Gasteiger partial charge in [0.2, 0.25) is 0 Å². The van der Waals surface area contributed by atoms with Crippen molar-refractivity contribution in [1.82, 2.24) is 10.2 Å². The van der Waals surface area contributed by atoms with Gasteiger partial charge >= 0.3 is 5.97 Å². The largest absolute Gasteiger partial charge is 0.480 e. The topological polar surface area (TPSA) is 66.3 Å². The molecule has 0 aromatic carbocycles. The molecule has 0 spiro atoms. The standard InChI is InChI=1S/C11H14ClN3O2/c12-9-5-6-10(14-13-9)15-7-3-1-2-4-8(15)11(16)17/h5-6,8H,1-4,7H2,(H,16,17). The van der Waals surface area contributed by atoms with Gasteiger partial charge in [-0.2, -0.15) is 0 Å². The van der Waals surface area contributed by atoms with Crippen LogP contribution in [0.15, 0.2) is 12.1 Å². The molecule has 92 valence electrons. The Hall–Kier alpha value is -1.36. The Morgan fingerprint density at radius 2 is 2.18 bits per heavy atom. The monoisotopic (exact) mass is 255 g/mol. The number of nitrogens with zero attached hydrogens (tertiary/aromatic N) is 3. The Bertz CT molecular complexity index is 396. The summed E-state index contributed by atoms with van der Waals surface area (Å²) in [5.41, 5.74) is 0. The average molecular weight is 256 g/mol. The molecule has 0 aliphatic carbocycles. The van der Waals surface area contributed by atoms with Crippen LogP contribution in [0, 0.1) is 0 Å². The molecular weight excluding hydrogens is 242 g/mol. The molecular formula is C11H14ClN3O2. The maximum Gasteiger partial charge on any atom is 0.326 e. The van der Waals surface area contributed by atoms with Crippen molar-refractivity contribution in [2.45, 2.75) is 31.7 Å². The molecule has 2 rings (SSSR count). The highest BCUT2D eigenvalue weighted by atomic mass is 35.5. The number of anilines is 1. The molecule has 1 aromatic rings. The molecule has 0 amide bonds. The second kappa shape index (κ2) is 5.31. The summed E-state index contributed by atoms with van der Waals surface area (Å²) in [5.74, 6) is -0.215. The molecule has 1 atom stereocenters. The molecule has 17 heavy (non-hydrogen) atoms. The first-order chi connectivity index (χ1) is 8.18. The van der Waals surface area contributed by atoms with E-state index in [0.717, 1.165) is 19.3 Å². The predicted molar refractivity (Wildman–Crippen MR) is 64.3 cm³/mol. The van der Waals surface area contributed by atoms with Gasteiger partial charge in [-0.15, -0.1) is 10.2 Å². The molecule has 1 saturated heterocycles. The van der Waals surface area contributed by atoms with E-state index in [2.05, 4.69) is 10.2 Å². The minimum absolute atomic E-state index is 0.315. The van der Waals surface area contributed by atoms with E-state index in [1.165, 1.54) is 0 Å². The normalized spacial score (nSPS) is 21.0. The van der Waals surface area contributed by atoms with Gasteiger partial charge in [-0.1, -0.05) is 24.4 Å². The van der Waals surface area contributed by atoms with Crippen LogP contribution in [0.3, 0.4) is 0 Å². The van der Waals surface area contributed by atoms with Crippen LogP contribution in [0.2, 0.25) is 5.15 Å². The predicted octanol–water partition coefficient (Wildman–Crippen LogP) is 1.96. The SMILES string of the molecule is O=C(O)C1CCCCCN1c1ccc(Cl)nn1. The number of hydrogen-bond acceptors (Lipinski definition) is 4. The third-order valence-corrected chi connectivity index (χ3v) is 3.15. The maximum absolute atomic E-state index is 11.2. The van der Waals surface area contributed by atoms with Crippen LogP contribution in [0.4, 0.5) is 5.82 Å². The molecule has 0 bridgehead atoms. The maximum atomic E-state index is 11.2.